The number of halogens is 1. The van der Waals surface area contributed by atoms with Crippen molar-refractivity contribution in [1.29, 1.82) is 0 Å². The molecule has 1 saturated carbocycles. The first-order chi connectivity index (χ1) is 14.3. The van der Waals surface area contributed by atoms with E-state index in [2.05, 4.69) is 0 Å². The van der Waals surface area contributed by atoms with Crippen LogP contribution in [0.25, 0.3) is 11.0 Å². The number of rotatable bonds is 4. The Morgan fingerprint density at radius 1 is 1.03 bits per heavy atom. The van der Waals surface area contributed by atoms with E-state index in [-0.39, 0.29) is 16.7 Å². The lowest BCUT2D eigenvalue weighted by Gasteiger charge is -2.16. The molecule has 1 aliphatic carbocycles. The van der Waals surface area contributed by atoms with Crippen molar-refractivity contribution in [3.05, 3.63) is 51.9 Å². The molecule has 0 spiro atoms. The average Bonchev–Trinajstić information content (AvgIpc) is 2.86. The Kier molecular flexibility index (Phi) is 5.55. The van der Waals surface area contributed by atoms with Crippen molar-refractivity contribution in [1.82, 2.24) is 8.54 Å². The topological polar surface area (TPSA) is 96.3 Å². The van der Waals surface area contributed by atoms with Crippen LogP contribution in [-0.2, 0) is 10.0 Å². The second-order valence-corrected chi connectivity index (χ2v) is 9.80. The van der Waals surface area contributed by atoms with Gasteiger partial charge in [-0.15, -0.1) is 0 Å². The smallest absolute Gasteiger partial charge is 0.343 e. The number of hydrogen-bond acceptors (Lipinski definition) is 5. The van der Waals surface area contributed by atoms with Crippen LogP contribution in [0.4, 0.5) is 5.69 Å². The maximum absolute atomic E-state index is 13.6. The highest BCUT2D eigenvalue weighted by Crippen LogP contribution is 2.33. The fourth-order valence-corrected chi connectivity index (χ4v) is 5.97. The minimum atomic E-state index is -4.24. The summed E-state index contributed by atoms with van der Waals surface area (Å²) in [4.78, 5) is 13.4. The maximum atomic E-state index is 13.6. The summed E-state index contributed by atoms with van der Waals surface area (Å²) in [7, 11) is -2.87. The van der Waals surface area contributed by atoms with Gasteiger partial charge in [-0.1, -0.05) is 37.3 Å². The third kappa shape index (κ3) is 3.48. The lowest BCUT2D eigenvalue weighted by atomic mass is 10.1. The number of aromatic nitrogens is 2. The number of methoxy groups -OCH3 is 1. The van der Waals surface area contributed by atoms with Crippen molar-refractivity contribution >= 4 is 38.3 Å². The number of nitrogens with two attached hydrogens (primary N) is 1. The van der Waals surface area contributed by atoms with Crippen molar-refractivity contribution in [3.63, 3.8) is 0 Å². The zero-order chi connectivity index (χ0) is 21.5. The molecule has 0 radical (unpaired) electrons. The molecule has 9 heteroatoms. The van der Waals surface area contributed by atoms with Gasteiger partial charge in [-0.25, -0.2) is 13.2 Å². The second kappa shape index (κ2) is 8.00. The van der Waals surface area contributed by atoms with E-state index in [1.165, 1.54) is 25.3 Å². The van der Waals surface area contributed by atoms with Crippen LogP contribution in [-0.4, -0.2) is 24.1 Å². The Bertz CT molecular complexity index is 1260. The van der Waals surface area contributed by atoms with Crippen molar-refractivity contribution in [2.45, 2.75) is 49.5 Å². The Balaban J connectivity index is 2.00. The molecule has 1 fully saturated rings. The number of nitrogens with zero attached hydrogens (tertiary/aromatic N) is 2. The summed E-state index contributed by atoms with van der Waals surface area (Å²) in [5.41, 5.74) is 6.38. The van der Waals surface area contributed by atoms with E-state index in [0.717, 1.165) is 42.5 Å². The standard InChI is InChI=1S/C21H24ClN3O4S/c1-29-19-13-15(23)9-11-20(19)30(27,28)25-17-10-8-14(22)12-18(17)24(21(25)26)16-6-4-2-3-5-7-16/h8-13,16H,2-7,23H2,1H3. The van der Waals surface area contributed by atoms with Gasteiger partial charge in [0.05, 0.1) is 18.1 Å². The summed E-state index contributed by atoms with van der Waals surface area (Å²) in [6.07, 6.45) is 5.90. The molecule has 2 N–H and O–H groups in total. The highest BCUT2D eigenvalue weighted by molar-refractivity contribution is 7.90. The third-order valence-electron chi connectivity index (χ3n) is 5.69. The highest BCUT2D eigenvalue weighted by Gasteiger charge is 2.30. The molecule has 0 atom stereocenters. The number of imidazole rings is 1. The molecule has 7 nitrogen and oxygen atoms in total. The van der Waals surface area contributed by atoms with Crippen LogP contribution >= 0.6 is 11.6 Å². The predicted octanol–water partition coefficient (Wildman–Crippen LogP) is 4.18. The molecule has 0 bridgehead atoms. The van der Waals surface area contributed by atoms with Gasteiger partial charge in [-0.2, -0.15) is 3.97 Å². The molecule has 4 rings (SSSR count). The number of anilines is 1. The Hall–Kier alpha value is -2.45. The lowest BCUT2D eigenvalue weighted by molar-refractivity contribution is 0.402. The SMILES string of the molecule is COc1cc(N)ccc1S(=O)(=O)n1c(=O)n(C2CCCCCC2)c2cc(Cl)ccc21. The molecule has 1 heterocycles. The van der Waals surface area contributed by atoms with Crippen molar-refractivity contribution < 1.29 is 13.2 Å². The third-order valence-corrected chi connectivity index (χ3v) is 7.65. The molecule has 0 aliphatic heterocycles. The minimum absolute atomic E-state index is 0.0641. The van der Waals surface area contributed by atoms with Gasteiger partial charge in [-0.3, -0.25) is 4.57 Å². The molecule has 3 aromatic rings. The van der Waals surface area contributed by atoms with Crippen LogP contribution in [0.1, 0.15) is 44.6 Å². The molecule has 160 valence electrons. The van der Waals surface area contributed by atoms with Gasteiger partial charge in [0.1, 0.15) is 10.6 Å². The number of fused-ring (bicyclic) bond motifs is 1. The van der Waals surface area contributed by atoms with Gasteiger partial charge < -0.3 is 10.5 Å². The van der Waals surface area contributed by atoms with Crippen molar-refractivity contribution in [3.8, 4) is 5.75 Å². The monoisotopic (exact) mass is 449 g/mol. The van der Waals surface area contributed by atoms with Crippen LogP contribution in [0.15, 0.2) is 46.1 Å². The van der Waals surface area contributed by atoms with Gasteiger partial charge in [-0.05, 0) is 43.2 Å². The van der Waals surface area contributed by atoms with Crippen molar-refractivity contribution in [2.24, 2.45) is 0 Å². The number of hydrogen-bond donors (Lipinski definition) is 1. The van der Waals surface area contributed by atoms with Crippen LogP contribution in [0.3, 0.4) is 0 Å². The summed E-state index contributed by atoms with van der Waals surface area (Å²) >= 11 is 6.21. The first-order valence-corrected chi connectivity index (χ1v) is 11.8. The van der Waals surface area contributed by atoms with E-state index in [4.69, 9.17) is 22.1 Å². The largest absolute Gasteiger partial charge is 0.495 e. The van der Waals surface area contributed by atoms with E-state index < -0.39 is 15.7 Å². The van der Waals surface area contributed by atoms with Gasteiger partial charge in [0, 0.05) is 22.8 Å². The summed E-state index contributed by atoms with van der Waals surface area (Å²) in [6.45, 7) is 0. The molecule has 0 amide bonds. The summed E-state index contributed by atoms with van der Waals surface area (Å²) in [6, 6.07) is 9.03. The summed E-state index contributed by atoms with van der Waals surface area (Å²) < 4.78 is 34.9. The molecular formula is C21H24ClN3O4S. The summed E-state index contributed by atoms with van der Waals surface area (Å²) in [5, 5.41) is 0.449. The van der Waals surface area contributed by atoms with Gasteiger partial charge in [0.2, 0.25) is 0 Å². The zero-order valence-electron chi connectivity index (χ0n) is 16.7. The van der Waals surface area contributed by atoms with Gasteiger partial charge in [0.15, 0.2) is 0 Å². The number of benzene rings is 2. The molecule has 30 heavy (non-hydrogen) atoms. The van der Waals surface area contributed by atoms with Crippen molar-refractivity contribution in [2.75, 3.05) is 12.8 Å². The first kappa shape index (κ1) is 20.8. The number of ether oxygens (including phenoxy) is 1. The molecule has 1 aromatic heterocycles. The van der Waals surface area contributed by atoms with Gasteiger partial charge >= 0.3 is 5.69 Å². The Morgan fingerprint density at radius 3 is 2.40 bits per heavy atom. The summed E-state index contributed by atoms with van der Waals surface area (Å²) in [5.74, 6) is 0.0891. The molecule has 0 unspecified atom stereocenters. The Morgan fingerprint density at radius 2 is 1.73 bits per heavy atom. The van der Waals surface area contributed by atoms with Crippen LogP contribution in [0.5, 0.6) is 5.75 Å². The molecule has 0 saturated heterocycles. The number of nitrogen functional groups attached to an aromatic ring is 1. The zero-order valence-corrected chi connectivity index (χ0v) is 18.2. The maximum Gasteiger partial charge on any atom is 0.343 e. The average molecular weight is 450 g/mol. The highest BCUT2D eigenvalue weighted by atomic mass is 35.5. The minimum Gasteiger partial charge on any atom is -0.495 e. The molecule has 2 aromatic carbocycles. The predicted molar refractivity (Wildman–Crippen MR) is 118 cm³/mol. The van der Waals surface area contributed by atoms with Crippen LogP contribution < -0.4 is 16.2 Å². The second-order valence-electron chi connectivity index (χ2n) is 7.61. The van der Waals surface area contributed by atoms with E-state index in [1.54, 1.807) is 22.8 Å². The van der Waals surface area contributed by atoms with Crippen LogP contribution in [0, 0.1) is 0 Å². The van der Waals surface area contributed by atoms with E-state index in [9.17, 15) is 13.2 Å². The van der Waals surface area contributed by atoms with E-state index >= 15 is 0 Å². The fraction of sp³-hybridized carbons (Fsp3) is 0.381. The van der Waals surface area contributed by atoms with Crippen LogP contribution in [0.2, 0.25) is 5.02 Å². The van der Waals surface area contributed by atoms with E-state index in [0.29, 0.717) is 21.7 Å². The normalized spacial score (nSPS) is 15.9. The lowest BCUT2D eigenvalue weighted by Crippen LogP contribution is -2.31. The molecular weight excluding hydrogens is 426 g/mol. The first-order valence-electron chi connectivity index (χ1n) is 9.96. The van der Waals surface area contributed by atoms with E-state index in [1.807, 2.05) is 0 Å². The molecule has 1 aliphatic rings. The fourth-order valence-electron chi connectivity index (χ4n) is 4.26. The van der Waals surface area contributed by atoms with Gasteiger partial charge in [0.25, 0.3) is 10.0 Å². The Labute approximate surface area is 180 Å². The quantitative estimate of drug-likeness (QED) is 0.476.